The number of nitrogens with zero attached hydrogens (tertiary/aromatic N) is 1. The third-order valence-corrected chi connectivity index (χ3v) is 3.56. The molecule has 4 nitrogen and oxygen atoms in total. The number of amides is 1. The maximum absolute atomic E-state index is 11.8. The van der Waals surface area contributed by atoms with Crippen LogP contribution in [0.1, 0.15) is 0 Å². The largest absolute Gasteiger partial charge is 0.397 e. The predicted octanol–water partition coefficient (Wildman–Crippen LogP) is 3.05. The van der Waals surface area contributed by atoms with E-state index in [1.165, 1.54) is 11.8 Å². The number of aromatic nitrogens is 1. The fraction of sp³-hybridized carbons (Fsp3) is 0.0769. The van der Waals surface area contributed by atoms with Gasteiger partial charge in [-0.25, -0.2) is 0 Å². The number of pyridine rings is 1. The standard InChI is InChI=1S/C13H12ClN3OS/c14-9-1-2-11(15)12(7-9)17-13(18)8-19-10-3-5-16-6-4-10/h1-7H,8,15H2,(H,17,18). The van der Waals surface area contributed by atoms with E-state index >= 15 is 0 Å². The van der Waals surface area contributed by atoms with Gasteiger partial charge in [0, 0.05) is 22.3 Å². The first-order valence-electron chi connectivity index (χ1n) is 5.53. The number of carbonyl (C=O) groups excluding carboxylic acids is 1. The van der Waals surface area contributed by atoms with E-state index in [1.54, 1.807) is 30.6 Å². The molecule has 3 N–H and O–H groups in total. The molecule has 19 heavy (non-hydrogen) atoms. The zero-order valence-corrected chi connectivity index (χ0v) is 11.5. The lowest BCUT2D eigenvalue weighted by molar-refractivity contribution is -0.113. The van der Waals surface area contributed by atoms with Crippen molar-refractivity contribution in [1.82, 2.24) is 4.98 Å². The Morgan fingerprint density at radius 1 is 1.32 bits per heavy atom. The van der Waals surface area contributed by atoms with E-state index in [0.717, 1.165) is 4.90 Å². The predicted molar refractivity (Wildman–Crippen MR) is 79.5 cm³/mol. The van der Waals surface area contributed by atoms with E-state index in [0.29, 0.717) is 22.2 Å². The molecule has 0 aliphatic carbocycles. The molecule has 0 unspecified atom stereocenters. The number of hydrogen-bond acceptors (Lipinski definition) is 4. The van der Waals surface area contributed by atoms with Crippen LogP contribution in [0, 0.1) is 0 Å². The second-order valence-corrected chi connectivity index (χ2v) is 5.24. The first-order chi connectivity index (χ1) is 9.15. The van der Waals surface area contributed by atoms with Crippen molar-refractivity contribution in [2.45, 2.75) is 4.90 Å². The molecular formula is C13H12ClN3OS. The third-order valence-electron chi connectivity index (χ3n) is 2.31. The van der Waals surface area contributed by atoms with Gasteiger partial charge >= 0.3 is 0 Å². The minimum Gasteiger partial charge on any atom is -0.397 e. The quantitative estimate of drug-likeness (QED) is 0.671. The van der Waals surface area contributed by atoms with Crippen molar-refractivity contribution in [2.24, 2.45) is 0 Å². The van der Waals surface area contributed by atoms with Gasteiger partial charge in [0.1, 0.15) is 0 Å². The summed E-state index contributed by atoms with van der Waals surface area (Å²) < 4.78 is 0. The summed E-state index contributed by atoms with van der Waals surface area (Å²) in [5.41, 5.74) is 6.78. The summed E-state index contributed by atoms with van der Waals surface area (Å²) in [4.78, 5) is 16.7. The summed E-state index contributed by atoms with van der Waals surface area (Å²) in [5.74, 6) is 0.173. The van der Waals surface area contributed by atoms with Crippen LogP contribution in [0.4, 0.5) is 11.4 Å². The highest BCUT2D eigenvalue weighted by atomic mass is 35.5. The number of anilines is 2. The lowest BCUT2D eigenvalue weighted by atomic mass is 10.2. The number of hydrogen-bond donors (Lipinski definition) is 2. The van der Waals surface area contributed by atoms with E-state index in [4.69, 9.17) is 17.3 Å². The average Bonchev–Trinajstić information content (AvgIpc) is 2.42. The van der Waals surface area contributed by atoms with Crippen LogP contribution in [0.15, 0.2) is 47.6 Å². The molecule has 0 aliphatic rings. The third kappa shape index (κ3) is 4.15. The number of nitrogens with one attached hydrogen (secondary N) is 1. The minimum absolute atomic E-state index is 0.129. The molecule has 1 heterocycles. The van der Waals surface area contributed by atoms with Gasteiger partial charge in [0.25, 0.3) is 0 Å². The summed E-state index contributed by atoms with van der Waals surface area (Å²) in [6.45, 7) is 0. The van der Waals surface area contributed by atoms with Crippen LogP contribution in [0.5, 0.6) is 0 Å². The van der Waals surface area contributed by atoms with E-state index in [9.17, 15) is 4.79 Å². The van der Waals surface area contributed by atoms with E-state index < -0.39 is 0 Å². The van der Waals surface area contributed by atoms with Gasteiger partial charge in [-0.1, -0.05) is 11.6 Å². The molecule has 0 spiro atoms. The minimum atomic E-state index is -0.129. The molecular weight excluding hydrogens is 282 g/mol. The van der Waals surface area contributed by atoms with Gasteiger partial charge in [-0.3, -0.25) is 9.78 Å². The molecule has 0 atom stereocenters. The summed E-state index contributed by atoms with van der Waals surface area (Å²) in [6, 6.07) is 8.68. The second kappa shape index (κ2) is 6.45. The number of thioether (sulfide) groups is 1. The summed E-state index contributed by atoms with van der Waals surface area (Å²) in [5, 5.41) is 3.27. The molecule has 0 saturated carbocycles. The Kier molecular flexibility index (Phi) is 4.65. The molecule has 0 aliphatic heterocycles. The number of nitrogens with two attached hydrogens (primary N) is 1. The van der Waals surface area contributed by atoms with Crippen LogP contribution in [-0.2, 0) is 4.79 Å². The van der Waals surface area contributed by atoms with Gasteiger partial charge in [-0.05, 0) is 30.3 Å². The zero-order valence-electron chi connectivity index (χ0n) is 9.97. The van der Waals surface area contributed by atoms with Crippen LogP contribution in [0.25, 0.3) is 0 Å². The molecule has 1 aromatic carbocycles. The fourth-order valence-corrected chi connectivity index (χ4v) is 2.26. The number of rotatable bonds is 4. The molecule has 2 aromatic rings. The van der Waals surface area contributed by atoms with Crippen molar-refractivity contribution in [3.05, 3.63) is 47.7 Å². The van der Waals surface area contributed by atoms with Crippen molar-refractivity contribution in [1.29, 1.82) is 0 Å². The number of benzene rings is 1. The Balaban J connectivity index is 1.93. The Bertz CT molecular complexity index is 577. The van der Waals surface area contributed by atoms with Crippen LogP contribution < -0.4 is 11.1 Å². The molecule has 0 bridgehead atoms. The van der Waals surface area contributed by atoms with Crippen molar-refractivity contribution in [2.75, 3.05) is 16.8 Å². The van der Waals surface area contributed by atoms with Crippen molar-refractivity contribution in [3.63, 3.8) is 0 Å². The van der Waals surface area contributed by atoms with E-state index in [-0.39, 0.29) is 5.91 Å². The highest BCUT2D eigenvalue weighted by Gasteiger charge is 2.06. The smallest absolute Gasteiger partial charge is 0.234 e. The number of nitrogen functional groups attached to an aromatic ring is 1. The lowest BCUT2D eigenvalue weighted by Crippen LogP contribution is -2.15. The van der Waals surface area contributed by atoms with Crippen molar-refractivity contribution < 1.29 is 4.79 Å². The maximum Gasteiger partial charge on any atom is 0.234 e. The van der Waals surface area contributed by atoms with Gasteiger partial charge in [-0.2, -0.15) is 0 Å². The van der Waals surface area contributed by atoms with Crippen LogP contribution in [0.3, 0.4) is 0 Å². The summed E-state index contributed by atoms with van der Waals surface area (Å²) in [6.07, 6.45) is 3.38. The Morgan fingerprint density at radius 3 is 2.79 bits per heavy atom. The molecule has 1 aromatic heterocycles. The van der Waals surface area contributed by atoms with E-state index in [2.05, 4.69) is 10.3 Å². The Hall–Kier alpha value is -1.72. The van der Waals surface area contributed by atoms with Gasteiger partial charge in [0.15, 0.2) is 0 Å². The molecule has 2 rings (SSSR count). The first-order valence-corrected chi connectivity index (χ1v) is 6.89. The fourth-order valence-electron chi connectivity index (χ4n) is 1.41. The summed E-state index contributed by atoms with van der Waals surface area (Å²) >= 11 is 7.29. The normalized spacial score (nSPS) is 10.2. The SMILES string of the molecule is Nc1ccc(Cl)cc1NC(=O)CSc1ccncc1. The number of carbonyl (C=O) groups is 1. The topological polar surface area (TPSA) is 68.0 Å². The van der Waals surface area contributed by atoms with Gasteiger partial charge in [0.05, 0.1) is 17.1 Å². The molecule has 0 saturated heterocycles. The molecule has 1 amide bonds. The van der Waals surface area contributed by atoms with Gasteiger partial charge in [0.2, 0.25) is 5.91 Å². The molecule has 6 heteroatoms. The Morgan fingerprint density at radius 2 is 2.05 bits per heavy atom. The van der Waals surface area contributed by atoms with Gasteiger partial charge in [-0.15, -0.1) is 11.8 Å². The average molecular weight is 294 g/mol. The van der Waals surface area contributed by atoms with Crippen molar-refractivity contribution in [3.8, 4) is 0 Å². The van der Waals surface area contributed by atoms with E-state index in [1.807, 2.05) is 12.1 Å². The summed E-state index contributed by atoms with van der Waals surface area (Å²) in [7, 11) is 0. The second-order valence-electron chi connectivity index (χ2n) is 3.75. The molecule has 98 valence electrons. The molecule has 0 fully saturated rings. The highest BCUT2D eigenvalue weighted by molar-refractivity contribution is 8.00. The maximum atomic E-state index is 11.8. The molecule has 0 radical (unpaired) electrons. The van der Waals surface area contributed by atoms with Crippen molar-refractivity contribution >= 4 is 40.6 Å². The van der Waals surface area contributed by atoms with Crippen LogP contribution >= 0.6 is 23.4 Å². The zero-order chi connectivity index (χ0) is 13.7. The van der Waals surface area contributed by atoms with Crippen LogP contribution in [0.2, 0.25) is 5.02 Å². The monoisotopic (exact) mass is 293 g/mol. The van der Waals surface area contributed by atoms with Crippen LogP contribution in [-0.4, -0.2) is 16.6 Å². The Labute approximate surface area is 120 Å². The highest BCUT2D eigenvalue weighted by Crippen LogP contribution is 2.23. The lowest BCUT2D eigenvalue weighted by Gasteiger charge is -2.08. The first kappa shape index (κ1) is 13.7. The van der Waals surface area contributed by atoms with Gasteiger partial charge < -0.3 is 11.1 Å². The number of halogens is 1.